The van der Waals surface area contributed by atoms with Gasteiger partial charge in [-0.1, -0.05) is 53.8 Å². The van der Waals surface area contributed by atoms with Gasteiger partial charge in [0.15, 0.2) is 5.78 Å². The van der Waals surface area contributed by atoms with E-state index >= 15 is 0 Å². The molecule has 3 aromatic carbocycles. The first-order valence-corrected chi connectivity index (χ1v) is 11.6. The Bertz CT molecular complexity index is 1300. The lowest BCUT2D eigenvalue weighted by Gasteiger charge is -2.31. The van der Waals surface area contributed by atoms with Crippen molar-refractivity contribution in [3.8, 4) is 5.19 Å². The fraction of sp³-hybridized carbons (Fsp3) is 0.192. The number of hydrogen-bond donors (Lipinski definition) is 0. The molecule has 33 heavy (non-hydrogen) atoms. The molecule has 0 saturated carbocycles. The second kappa shape index (κ2) is 9.11. The summed E-state index contributed by atoms with van der Waals surface area (Å²) in [5.74, 6) is -0.408. The quantitative estimate of drug-likeness (QED) is 0.377. The second-order valence-corrected chi connectivity index (χ2v) is 8.97. The summed E-state index contributed by atoms with van der Waals surface area (Å²) in [6, 6.07) is 20.4. The fourth-order valence-electron chi connectivity index (χ4n) is 3.95. The Balaban J connectivity index is 1.18. The van der Waals surface area contributed by atoms with Crippen LogP contribution in [0, 0.1) is 5.82 Å². The van der Waals surface area contributed by atoms with Crippen LogP contribution in [0.3, 0.4) is 0 Å². The number of aromatic nitrogens is 1. The van der Waals surface area contributed by atoms with Crippen LogP contribution in [0.5, 0.6) is 5.19 Å². The van der Waals surface area contributed by atoms with Crippen molar-refractivity contribution in [2.45, 2.75) is 18.9 Å². The van der Waals surface area contributed by atoms with Gasteiger partial charge in [-0.25, -0.2) is 9.37 Å². The van der Waals surface area contributed by atoms with E-state index in [-0.39, 0.29) is 23.6 Å². The van der Waals surface area contributed by atoms with E-state index < -0.39 is 0 Å². The van der Waals surface area contributed by atoms with E-state index in [0.717, 1.165) is 10.2 Å². The van der Waals surface area contributed by atoms with Gasteiger partial charge in [0, 0.05) is 42.6 Å². The molecule has 2 heterocycles. The first kappa shape index (κ1) is 21.3. The number of fused-ring (bicyclic) bond motifs is 1. The first-order valence-electron chi connectivity index (χ1n) is 10.8. The maximum Gasteiger partial charge on any atom is 0.274 e. The number of hydrogen-bond acceptors (Lipinski definition) is 5. The molecule has 166 valence electrons. The Kier molecular flexibility index (Phi) is 5.88. The third kappa shape index (κ3) is 4.64. The van der Waals surface area contributed by atoms with E-state index in [2.05, 4.69) is 4.98 Å². The molecule has 7 heteroatoms. The van der Waals surface area contributed by atoms with Crippen LogP contribution < -0.4 is 4.74 Å². The van der Waals surface area contributed by atoms with Crippen molar-refractivity contribution >= 4 is 33.2 Å². The number of benzene rings is 3. The normalized spacial score (nSPS) is 14.4. The number of rotatable bonds is 5. The summed E-state index contributed by atoms with van der Waals surface area (Å²) in [5, 5.41) is 0.527. The van der Waals surface area contributed by atoms with Gasteiger partial charge in [0.1, 0.15) is 11.9 Å². The lowest BCUT2D eigenvalue weighted by Crippen LogP contribution is -2.41. The SMILES string of the molecule is O=C(c1ccccc1)c1ccc(C(=O)N2CCC(Oc3nc4ccc(F)cc4s3)CC2)cc1. The van der Waals surface area contributed by atoms with E-state index in [1.54, 1.807) is 42.5 Å². The molecule has 1 aromatic heterocycles. The monoisotopic (exact) mass is 460 g/mol. The maximum atomic E-state index is 13.4. The summed E-state index contributed by atoms with van der Waals surface area (Å²) < 4.78 is 20.2. The highest BCUT2D eigenvalue weighted by atomic mass is 32.1. The number of carbonyl (C=O) groups is 2. The fourth-order valence-corrected chi connectivity index (χ4v) is 4.86. The molecule has 1 fully saturated rings. The molecule has 1 amide bonds. The van der Waals surface area contributed by atoms with Crippen molar-refractivity contribution in [2.24, 2.45) is 0 Å². The predicted molar refractivity (Wildman–Crippen MR) is 125 cm³/mol. The van der Waals surface area contributed by atoms with E-state index in [0.29, 0.717) is 47.8 Å². The van der Waals surface area contributed by atoms with E-state index in [1.807, 2.05) is 23.1 Å². The Hall–Kier alpha value is -3.58. The van der Waals surface area contributed by atoms with Gasteiger partial charge in [-0.2, -0.15) is 0 Å². The highest BCUT2D eigenvalue weighted by Gasteiger charge is 2.25. The zero-order valence-corrected chi connectivity index (χ0v) is 18.6. The zero-order valence-electron chi connectivity index (χ0n) is 17.7. The lowest BCUT2D eigenvalue weighted by molar-refractivity contribution is 0.0595. The van der Waals surface area contributed by atoms with Gasteiger partial charge in [-0.3, -0.25) is 9.59 Å². The third-order valence-corrected chi connectivity index (χ3v) is 6.67. The molecular weight excluding hydrogens is 439 g/mol. The van der Waals surface area contributed by atoms with E-state index in [4.69, 9.17) is 4.74 Å². The van der Waals surface area contributed by atoms with Crippen molar-refractivity contribution in [1.29, 1.82) is 0 Å². The summed E-state index contributed by atoms with van der Waals surface area (Å²) in [7, 11) is 0. The molecule has 0 unspecified atom stereocenters. The van der Waals surface area contributed by atoms with E-state index in [9.17, 15) is 14.0 Å². The number of ketones is 1. The minimum Gasteiger partial charge on any atom is -0.467 e. The number of thiazole rings is 1. The average Bonchev–Trinajstić information content (AvgIpc) is 3.25. The number of likely N-dealkylation sites (tertiary alicyclic amines) is 1. The van der Waals surface area contributed by atoms with Gasteiger partial charge in [-0.15, -0.1) is 0 Å². The maximum absolute atomic E-state index is 13.4. The standard InChI is InChI=1S/C26H21FN2O3S/c27-20-10-11-22-23(16-20)33-26(28-22)32-21-12-14-29(15-13-21)25(31)19-8-6-18(7-9-19)24(30)17-4-2-1-3-5-17/h1-11,16,21H,12-15H2. The molecule has 4 aromatic rings. The lowest BCUT2D eigenvalue weighted by atomic mass is 10.0. The Labute approximate surface area is 194 Å². The van der Waals surface area contributed by atoms with Crippen molar-refractivity contribution in [3.63, 3.8) is 0 Å². The van der Waals surface area contributed by atoms with Gasteiger partial charge in [0.05, 0.1) is 10.2 Å². The Morgan fingerprint density at radius 3 is 2.30 bits per heavy atom. The van der Waals surface area contributed by atoms with Crippen LogP contribution in [0.1, 0.15) is 39.1 Å². The van der Waals surface area contributed by atoms with Gasteiger partial charge < -0.3 is 9.64 Å². The second-order valence-electron chi connectivity index (χ2n) is 7.97. The largest absolute Gasteiger partial charge is 0.467 e. The highest BCUT2D eigenvalue weighted by molar-refractivity contribution is 7.20. The summed E-state index contributed by atoms with van der Waals surface area (Å²) >= 11 is 1.33. The molecule has 0 N–H and O–H groups in total. The van der Waals surface area contributed by atoms with Crippen molar-refractivity contribution in [1.82, 2.24) is 9.88 Å². The van der Waals surface area contributed by atoms with Gasteiger partial charge in [0.25, 0.3) is 11.1 Å². The van der Waals surface area contributed by atoms with E-state index in [1.165, 1.54) is 23.5 Å². The molecule has 0 atom stereocenters. The number of amides is 1. The molecule has 1 saturated heterocycles. The summed E-state index contributed by atoms with van der Waals surface area (Å²) in [5.41, 5.74) is 2.46. The topological polar surface area (TPSA) is 59.5 Å². The molecule has 5 rings (SSSR count). The predicted octanol–water partition coefficient (Wildman–Crippen LogP) is 5.35. The van der Waals surface area contributed by atoms with Crippen molar-refractivity contribution < 1.29 is 18.7 Å². The van der Waals surface area contributed by atoms with Gasteiger partial charge in [0.2, 0.25) is 0 Å². The van der Waals surface area contributed by atoms with Gasteiger partial charge >= 0.3 is 0 Å². The summed E-state index contributed by atoms with van der Waals surface area (Å²) in [6.45, 7) is 1.15. The van der Waals surface area contributed by atoms with Crippen LogP contribution >= 0.6 is 11.3 Å². The van der Waals surface area contributed by atoms with Crippen LogP contribution in [-0.4, -0.2) is 40.8 Å². The van der Waals surface area contributed by atoms with Crippen LogP contribution in [0.15, 0.2) is 72.8 Å². The van der Waals surface area contributed by atoms with Crippen LogP contribution in [0.4, 0.5) is 4.39 Å². The highest BCUT2D eigenvalue weighted by Crippen LogP contribution is 2.30. The smallest absolute Gasteiger partial charge is 0.274 e. The molecule has 0 aliphatic carbocycles. The average molecular weight is 461 g/mol. The van der Waals surface area contributed by atoms with Crippen molar-refractivity contribution in [2.75, 3.05) is 13.1 Å². The number of halogens is 1. The first-order chi connectivity index (χ1) is 16.1. The Morgan fingerprint density at radius 2 is 1.58 bits per heavy atom. The number of carbonyl (C=O) groups excluding carboxylic acids is 2. The number of piperidine rings is 1. The van der Waals surface area contributed by atoms with Crippen LogP contribution in [-0.2, 0) is 0 Å². The molecule has 1 aliphatic rings. The zero-order chi connectivity index (χ0) is 22.8. The number of nitrogens with zero attached hydrogens (tertiary/aromatic N) is 2. The summed E-state index contributed by atoms with van der Waals surface area (Å²) in [6.07, 6.45) is 1.35. The Morgan fingerprint density at radius 1 is 0.909 bits per heavy atom. The summed E-state index contributed by atoms with van der Waals surface area (Å²) in [4.78, 5) is 31.7. The molecule has 0 bridgehead atoms. The minimum atomic E-state index is -0.290. The molecule has 0 spiro atoms. The van der Waals surface area contributed by atoms with Gasteiger partial charge in [-0.05, 0) is 30.3 Å². The third-order valence-electron chi connectivity index (χ3n) is 5.76. The molecule has 1 aliphatic heterocycles. The molecule has 5 nitrogen and oxygen atoms in total. The van der Waals surface area contributed by atoms with Crippen LogP contribution in [0.25, 0.3) is 10.2 Å². The minimum absolute atomic E-state index is 0.0367. The van der Waals surface area contributed by atoms with Crippen molar-refractivity contribution in [3.05, 3.63) is 95.3 Å². The molecule has 0 radical (unpaired) electrons. The van der Waals surface area contributed by atoms with Crippen LogP contribution in [0.2, 0.25) is 0 Å². The molecular formula is C26H21FN2O3S. The number of ether oxygens (including phenoxy) is 1.